The second-order valence-electron chi connectivity index (χ2n) is 5.74. The number of carbonyl (C=O) groups is 1. The quantitative estimate of drug-likeness (QED) is 0.752. The van der Waals surface area contributed by atoms with Gasteiger partial charge < -0.3 is 15.8 Å². The van der Waals surface area contributed by atoms with Crippen LogP contribution in [0.5, 0.6) is 5.75 Å². The van der Waals surface area contributed by atoms with Gasteiger partial charge in [0.15, 0.2) is 0 Å². The van der Waals surface area contributed by atoms with Gasteiger partial charge in [-0.25, -0.2) is 13.6 Å². The van der Waals surface area contributed by atoms with E-state index in [2.05, 4.69) is 5.32 Å². The molecule has 1 atom stereocenters. The number of nitrogens with one attached hydrogen (secondary N) is 1. The van der Waals surface area contributed by atoms with E-state index >= 15 is 0 Å². The highest BCUT2D eigenvalue weighted by Crippen LogP contribution is 2.28. The van der Waals surface area contributed by atoms with Gasteiger partial charge in [-0.2, -0.15) is 0 Å². The van der Waals surface area contributed by atoms with Crippen LogP contribution in [0.1, 0.15) is 20.8 Å². The fourth-order valence-corrected chi connectivity index (χ4v) is 2.11. The van der Waals surface area contributed by atoms with Crippen molar-refractivity contribution in [3.8, 4) is 5.75 Å². The van der Waals surface area contributed by atoms with Gasteiger partial charge in [0.1, 0.15) is 5.75 Å². The average molecular weight is 315 g/mol. The van der Waals surface area contributed by atoms with Crippen molar-refractivity contribution in [2.75, 3.05) is 12.4 Å². The Bertz CT molecular complexity index is 635. The molecular weight excluding hydrogens is 294 g/mol. The SMILES string of the molecule is COc1ccc(S(N)(=O)=O)cc1NC(=O)[C@@H](N)C(C)(C)C. The Morgan fingerprint density at radius 3 is 2.33 bits per heavy atom. The molecule has 0 fully saturated rings. The number of hydrogen-bond donors (Lipinski definition) is 3. The van der Waals surface area contributed by atoms with Crippen molar-refractivity contribution in [2.24, 2.45) is 16.3 Å². The lowest BCUT2D eigenvalue weighted by Gasteiger charge is -2.26. The molecule has 1 aromatic carbocycles. The number of amides is 1. The molecule has 0 radical (unpaired) electrons. The Hall–Kier alpha value is -1.64. The van der Waals surface area contributed by atoms with Crippen LogP contribution < -0.4 is 20.9 Å². The Balaban J connectivity index is 3.15. The number of carbonyl (C=O) groups excluding carboxylic acids is 1. The maximum Gasteiger partial charge on any atom is 0.241 e. The Morgan fingerprint density at radius 1 is 1.33 bits per heavy atom. The Kier molecular flexibility index (Phi) is 4.98. The standard InChI is InChI=1S/C13H21N3O4S/c1-13(2,3)11(14)12(17)16-9-7-8(21(15,18)19)5-6-10(9)20-4/h5-7,11H,14H2,1-4H3,(H,16,17)(H2,15,18,19)/t11-/m1/s1. The topological polar surface area (TPSA) is 125 Å². The fourth-order valence-electron chi connectivity index (χ4n) is 1.57. The molecule has 1 rings (SSSR count). The summed E-state index contributed by atoms with van der Waals surface area (Å²) in [5.74, 6) is -0.121. The molecule has 0 saturated carbocycles. The van der Waals surface area contributed by atoms with Crippen molar-refractivity contribution in [3.63, 3.8) is 0 Å². The first-order chi connectivity index (χ1) is 9.46. The van der Waals surface area contributed by atoms with E-state index in [0.29, 0.717) is 5.75 Å². The van der Waals surface area contributed by atoms with Crippen molar-refractivity contribution in [1.82, 2.24) is 0 Å². The minimum Gasteiger partial charge on any atom is -0.495 e. The molecule has 7 nitrogen and oxygen atoms in total. The van der Waals surface area contributed by atoms with E-state index in [4.69, 9.17) is 15.6 Å². The average Bonchev–Trinajstić information content (AvgIpc) is 2.35. The first-order valence-corrected chi connectivity index (χ1v) is 7.78. The first kappa shape index (κ1) is 17.4. The van der Waals surface area contributed by atoms with Crippen LogP contribution >= 0.6 is 0 Å². The molecule has 8 heteroatoms. The smallest absolute Gasteiger partial charge is 0.241 e. The van der Waals surface area contributed by atoms with Gasteiger partial charge >= 0.3 is 0 Å². The summed E-state index contributed by atoms with van der Waals surface area (Å²) < 4.78 is 27.8. The number of nitrogens with two attached hydrogens (primary N) is 2. The van der Waals surface area contributed by atoms with Crippen LogP contribution in [0.2, 0.25) is 0 Å². The van der Waals surface area contributed by atoms with E-state index < -0.39 is 27.4 Å². The number of primary sulfonamides is 1. The zero-order valence-corrected chi connectivity index (χ0v) is 13.3. The van der Waals surface area contributed by atoms with Gasteiger partial charge in [-0.15, -0.1) is 0 Å². The number of anilines is 1. The lowest BCUT2D eigenvalue weighted by molar-refractivity contribution is -0.119. The molecule has 0 unspecified atom stereocenters. The van der Waals surface area contributed by atoms with E-state index in [0.717, 1.165) is 0 Å². The molecule has 21 heavy (non-hydrogen) atoms. The van der Waals surface area contributed by atoms with Crippen molar-refractivity contribution >= 4 is 21.6 Å². The molecule has 0 aliphatic heterocycles. The number of hydrogen-bond acceptors (Lipinski definition) is 5. The summed E-state index contributed by atoms with van der Waals surface area (Å²) >= 11 is 0. The fraction of sp³-hybridized carbons (Fsp3) is 0.462. The normalized spacial score (nSPS) is 13.6. The molecule has 0 bridgehead atoms. The highest BCUT2D eigenvalue weighted by atomic mass is 32.2. The van der Waals surface area contributed by atoms with Crippen LogP contribution in [-0.2, 0) is 14.8 Å². The van der Waals surface area contributed by atoms with Gasteiger partial charge in [0.2, 0.25) is 15.9 Å². The molecule has 0 saturated heterocycles. The lowest BCUT2D eigenvalue weighted by atomic mass is 9.87. The van der Waals surface area contributed by atoms with Crippen molar-refractivity contribution in [1.29, 1.82) is 0 Å². The third-order valence-corrected chi connectivity index (χ3v) is 3.88. The summed E-state index contributed by atoms with van der Waals surface area (Å²) in [7, 11) is -2.46. The molecule has 118 valence electrons. The van der Waals surface area contributed by atoms with Crippen LogP contribution in [0.3, 0.4) is 0 Å². The second-order valence-corrected chi connectivity index (χ2v) is 7.30. The minimum atomic E-state index is -3.87. The van der Waals surface area contributed by atoms with E-state index in [-0.39, 0.29) is 10.6 Å². The van der Waals surface area contributed by atoms with Crippen molar-refractivity contribution in [3.05, 3.63) is 18.2 Å². The summed E-state index contributed by atoms with van der Waals surface area (Å²) in [4.78, 5) is 12.0. The lowest BCUT2D eigenvalue weighted by Crippen LogP contribution is -2.45. The largest absolute Gasteiger partial charge is 0.495 e. The van der Waals surface area contributed by atoms with Gasteiger partial charge in [-0.1, -0.05) is 20.8 Å². The molecule has 0 spiro atoms. The summed E-state index contributed by atoms with van der Waals surface area (Å²) in [6.07, 6.45) is 0. The summed E-state index contributed by atoms with van der Waals surface area (Å²) in [6.45, 7) is 5.49. The summed E-state index contributed by atoms with van der Waals surface area (Å²) in [5.41, 5.74) is 5.63. The van der Waals surface area contributed by atoms with E-state index in [1.165, 1.54) is 25.3 Å². The zero-order valence-electron chi connectivity index (χ0n) is 12.5. The third kappa shape index (κ3) is 4.42. The number of rotatable bonds is 4. The van der Waals surface area contributed by atoms with Gasteiger partial charge in [-0.3, -0.25) is 4.79 Å². The Labute approximate surface area is 124 Å². The van der Waals surface area contributed by atoms with Gasteiger partial charge in [-0.05, 0) is 23.6 Å². The summed E-state index contributed by atoms with van der Waals surface area (Å²) in [5, 5.41) is 7.64. The van der Waals surface area contributed by atoms with Crippen LogP contribution in [0.15, 0.2) is 23.1 Å². The molecule has 1 aromatic rings. The zero-order chi connectivity index (χ0) is 16.4. The van der Waals surface area contributed by atoms with E-state index in [9.17, 15) is 13.2 Å². The monoisotopic (exact) mass is 315 g/mol. The van der Waals surface area contributed by atoms with Crippen LogP contribution in [-0.4, -0.2) is 27.5 Å². The third-order valence-electron chi connectivity index (χ3n) is 2.97. The van der Waals surface area contributed by atoms with Crippen LogP contribution in [0, 0.1) is 5.41 Å². The van der Waals surface area contributed by atoms with Gasteiger partial charge in [0.05, 0.1) is 23.7 Å². The van der Waals surface area contributed by atoms with Gasteiger partial charge in [0, 0.05) is 0 Å². The first-order valence-electron chi connectivity index (χ1n) is 6.24. The molecule has 0 aliphatic carbocycles. The van der Waals surface area contributed by atoms with E-state index in [1.54, 1.807) is 0 Å². The Morgan fingerprint density at radius 2 is 1.90 bits per heavy atom. The van der Waals surface area contributed by atoms with Crippen LogP contribution in [0.25, 0.3) is 0 Å². The number of methoxy groups -OCH3 is 1. The number of ether oxygens (including phenoxy) is 1. The molecule has 0 aromatic heterocycles. The highest BCUT2D eigenvalue weighted by molar-refractivity contribution is 7.89. The number of benzene rings is 1. The number of sulfonamides is 1. The predicted molar refractivity (Wildman–Crippen MR) is 80.4 cm³/mol. The highest BCUT2D eigenvalue weighted by Gasteiger charge is 2.28. The van der Waals surface area contributed by atoms with Crippen molar-refractivity contribution in [2.45, 2.75) is 31.7 Å². The van der Waals surface area contributed by atoms with Crippen LogP contribution in [0.4, 0.5) is 5.69 Å². The van der Waals surface area contributed by atoms with Gasteiger partial charge in [0.25, 0.3) is 0 Å². The molecular formula is C13H21N3O4S. The molecule has 0 aliphatic rings. The van der Waals surface area contributed by atoms with Crippen molar-refractivity contribution < 1.29 is 17.9 Å². The maximum atomic E-state index is 12.1. The minimum absolute atomic E-state index is 0.122. The van der Waals surface area contributed by atoms with E-state index in [1.807, 2.05) is 20.8 Å². The molecule has 1 amide bonds. The predicted octanol–water partition coefficient (Wildman–Crippen LogP) is 0.655. The molecule has 0 heterocycles. The second kappa shape index (κ2) is 6.00. The molecule has 5 N–H and O–H groups in total. The summed E-state index contributed by atoms with van der Waals surface area (Å²) in [6, 6.07) is 3.19. The maximum absolute atomic E-state index is 12.1.